The summed E-state index contributed by atoms with van der Waals surface area (Å²) in [7, 11) is 4.87. The van der Waals surface area contributed by atoms with Crippen LogP contribution in [0.3, 0.4) is 0 Å². The van der Waals surface area contributed by atoms with E-state index in [-0.39, 0.29) is 24.4 Å². The molecule has 114 valence electrons. The molecule has 0 spiro atoms. The smallest absolute Gasteiger partial charge is 0.254 e. The zero-order valence-electron chi connectivity index (χ0n) is 12.6. The Hall–Kier alpha value is -1.46. The van der Waals surface area contributed by atoms with E-state index in [2.05, 4.69) is 0 Å². The van der Waals surface area contributed by atoms with Crippen LogP contribution < -0.4 is 15.2 Å². The quantitative estimate of drug-likeness (QED) is 0.901. The Balaban J connectivity index is 0.00000361. The first-order valence-corrected chi connectivity index (χ1v) is 6.16. The van der Waals surface area contributed by atoms with Crippen molar-refractivity contribution in [2.45, 2.75) is 19.9 Å². The molecule has 0 fully saturated rings. The van der Waals surface area contributed by atoms with Crippen molar-refractivity contribution in [1.82, 2.24) is 4.90 Å². The number of nitrogens with zero attached hydrogens (tertiary/aromatic N) is 1. The lowest BCUT2D eigenvalue weighted by molar-refractivity contribution is 0.0747. The summed E-state index contributed by atoms with van der Waals surface area (Å²) in [6.07, 6.45) is 0. The van der Waals surface area contributed by atoms with Gasteiger partial charge in [0.15, 0.2) is 11.5 Å². The van der Waals surface area contributed by atoms with Crippen molar-refractivity contribution in [2.24, 2.45) is 5.73 Å². The SMILES string of the molecule is COc1cc(C)c(C(=O)N(C)C(C)CN)cc1OC.Cl. The van der Waals surface area contributed by atoms with Gasteiger partial charge in [0, 0.05) is 25.2 Å². The molecule has 20 heavy (non-hydrogen) atoms. The maximum Gasteiger partial charge on any atom is 0.254 e. The number of rotatable bonds is 5. The highest BCUT2D eigenvalue weighted by Crippen LogP contribution is 2.30. The highest BCUT2D eigenvalue weighted by Gasteiger charge is 2.20. The summed E-state index contributed by atoms with van der Waals surface area (Å²) >= 11 is 0. The fourth-order valence-corrected chi connectivity index (χ4v) is 1.76. The first kappa shape index (κ1) is 18.5. The molecule has 0 saturated carbocycles. The number of ether oxygens (including phenoxy) is 2. The minimum Gasteiger partial charge on any atom is -0.493 e. The fourth-order valence-electron chi connectivity index (χ4n) is 1.76. The number of carbonyl (C=O) groups is 1. The van der Waals surface area contributed by atoms with Crippen molar-refractivity contribution in [1.29, 1.82) is 0 Å². The first-order chi connectivity index (χ1) is 8.96. The molecule has 2 N–H and O–H groups in total. The molecule has 0 aromatic heterocycles. The van der Waals surface area contributed by atoms with Gasteiger partial charge in [0.05, 0.1) is 14.2 Å². The lowest BCUT2D eigenvalue weighted by atomic mass is 10.1. The summed E-state index contributed by atoms with van der Waals surface area (Å²) in [5.74, 6) is 1.09. The van der Waals surface area contributed by atoms with Gasteiger partial charge in [0.25, 0.3) is 5.91 Å². The van der Waals surface area contributed by atoms with Crippen LogP contribution >= 0.6 is 12.4 Å². The first-order valence-electron chi connectivity index (χ1n) is 6.16. The third-order valence-electron chi connectivity index (χ3n) is 3.28. The van der Waals surface area contributed by atoms with Gasteiger partial charge in [-0.3, -0.25) is 4.79 Å². The third kappa shape index (κ3) is 3.77. The van der Waals surface area contributed by atoms with Gasteiger partial charge in [-0.15, -0.1) is 12.4 Å². The number of amides is 1. The molecule has 5 nitrogen and oxygen atoms in total. The van der Waals surface area contributed by atoms with Gasteiger partial charge in [-0.1, -0.05) is 0 Å². The largest absolute Gasteiger partial charge is 0.493 e. The molecule has 6 heteroatoms. The van der Waals surface area contributed by atoms with E-state index < -0.39 is 0 Å². The predicted octanol–water partition coefficient (Wildman–Crippen LogP) is 1.85. The second-order valence-corrected chi connectivity index (χ2v) is 4.52. The number of hydrogen-bond donors (Lipinski definition) is 1. The van der Waals surface area contributed by atoms with Crippen LogP contribution in [0.1, 0.15) is 22.8 Å². The van der Waals surface area contributed by atoms with E-state index in [9.17, 15) is 4.79 Å². The second kappa shape index (κ2) is 7.97. The molecule has 0 bridgehead atoms. The van der Waals surface area contributed by atoms with Crippen molar-refractivity contribution in [3.05, 3.63) is 23.3 Å². The highest BCUT2D eigenvalue weighted by atomic mass is 35.5. The molecule has 1 aromatic carbocycles. The summed E-state index contributed by atoms with van der Waals surface area (Å²) in [5.41, 5.74) is 7.03. The Kier molecular flexibility index (Phi) is 7.39. The van der Waals surface area contributed by atoms with E-state index in [0.29, 0.717) is 23.6 Å². The summed E-state index contributed by atoms with van der Waals surface area (Å²) in [6.45, 7) is 4.21. The van der Waals surface area contributed by atoms with Crippen LogP contribution in [-0.2, 0) is 0 Å². The average Bonchev–Trinajstić information content (AvgIpc) is 2.44. The van der Waals surface area contributed by atoms with Crippen molar-refractivity contribution in [3.8, 4) is 11.5 Å². The summed E-state index contributed by atoms with van der Waals surface area (Å²) in [4.78, 5) is 14.0. The number of benzene rings is 1. The Morgan fingerprint density at radius 1 is 1.30 bits per heavy atom. The van der Waals surface area contributed by atoms with Gasteiger partial charge in [-0.25, -0.2) is 0 Å². The molecule has 1 amide bonds. The van der Waals surface area contributed by atoms with Crippen LogP contribution in [0.15, 0.2) is 12.1 Å². The standard InChI is InChI=1S/C14H22N2O3.ClH/c1-9-6-12(18-4)13(19-5)7-11(9)14(17)16(3)10(2)8-15;/h6-7,10H,8,15H2,1-5H3;1H. The number of halogens is 1. The number of hydrogen-bond acceptors (Lipinski definition) is 4. The van der Waals surface area contributed by atoms with Gasteiger partial charge in [0.2, 0.25) is 0 Å². The lowest BCUT2D eigenvalue weighted by Crippen LogP contribution is -2.40. The van der Waals surface area contributed by atoms with Gasteiger partial charge in [0.1, 0.15) is 0 Å². The van der Waals surface area contributed by atoms with Crippen LogP contribution in [0.2, 0.25) is 0 Å². The maximum absolute atomic E-state index is 12.4. The fraction of sp³-hybridized carbons (Fsp3) is 0.500. The van der Waals surface area contributed by atoms with E-state index in [0.717, 1.165) is 5.56 Å². The van der Waals surface area contributed by atoms with Crippen LogP contribution in [-0.4, -0.2) is 44.7 Å². The number of likely N-dealkylation sites (N-methyl/N-ethyl adjacent to an activating group) is 1. The van der Waals surface area contributed by atoms with Crippen LogP contribution in [0.5, 0.6) is 11.5 Å². The molecule has 0 aliphatic carbocycles. The van der Waals surface area contributed by atoms with Crippen molar-refractivity contribution < 1.29 is 14.3 Å². The number of aryl methyl sites for hydroxylation is 1. The number of methoxy groups -OCH3 is 2. The Morgan fingerprint density at radius 3 is 2.25 bits per heavy atom. The molecule has 1 aromatic rings. The Labute approximate surface area is 126 Å². The van der Waals surface area contributed by atoms with Gasteiger partial charge in [-0.05, 0) is 31.5 Å². The summed E-state index contributed by atoms with van der Waals surface area (Å²) in [6, 6.07) is 3.49. The van der Waals surface area contributed by atoms with E-state index in [1.54, 1.807) is 38.3 Å². The number of carbonyl (C=O) groups excluding carboxylic acids is 1. The molecular formula is C14H23ClN2O3. The average molecular weight is 303 g/mol. The van der Waals surface area contributed by atoms with E-state index in [4.69, 9.17) is 15.2 Å². The zero-order chi connectivity index (χ0) is 14.6. The summed E-state index contributed by atoms with van der Waals surface area (Å²) < 4.78 is 10.4. The van der Waals surface area contributed by atoms with Gasteiger partial charge >= 0.3 is 0 Å². The molecule has 0 heterocycles. The molecule has 0 saturated heterocycles. The molecule has 1 rings (SSSR count). The summed E-state index contributed by atoms with van der Waals surface area (Å²) in [5, 5.41) is 0. The Morgan fingerprint density at radius 2 is 1.80 bits per heavy atom. The van der Waals surface area contributed by atoms with E-state index >= 15 is 0 Å². The third-order valence-corrected chi connectivity index (χ3v) is 3.28. The normalized spacial score (nSPS) is 11.3. The van der Waals surface area contributed by atoms with Gasteiger partial charge < -0.3 is 20.1 Å². The van der Waals surface area contributed by atoms with Crippen LogP contribution in [0, 0.1) is 6.92 Å². The molecule has 1 unspecified atom stereocenters. The van der Waals surface area contributed by atoms with Gasteiger partial charge in [-0.2, -0.15) is 0 Å². The minimum absolute atomic E-state index is 0. The van der Waals surface area contributed by atoms with E-state index in [1.807, 2.05) is 13.8 Å². The van der Waals surface area contributed by atoms with Crippen molar-refractivity contribution >= 4 is 18.3 Å². The zero-order valence-corrected chi connectivity index (χ0v) is 13.4. The number of nitrogens with two attached hydrogens (primary N) is 1. The highest BCUT2D eigenvalue weighted by molar-refractivity contribution is 5.96. The molecule has 0 radical (unpaired) electrons. The molecular weight excluding hydrogens is 280 g/mol. The van der Waals surface area contributed by atoms with Crippen LogP contribution in [0.25, 0.3) is 0 Å². The predicted molar refractivity (Wildman–Crippen MR) is 82.1 cm³/mol. The molecule has 0 aliphatic heterocycles. The van der Waals surface area contributed by atoms with E-state index in [1.165, 1.54) is 0 Å². The second-order valence-electron chi connectivity index (χ2n) is 4.52. The van der Waals surface area contributed by atoms with Crippen LogP contribution in [0.4, 0.5) is 0 Å². The lowest BCUT2D eigenvalue weighted by Gasteiger charge is -2.24. The Bertz CT molecular complexity index is 466. The monoisotopic (exact) mass is 302 g/mol. The molecule has 1 atom stereocenters. The minimum atomic E-state index is -0.0728. The molecule has 0 aliphatic rings. The maximum atomic E-state index is 12.4. The topological polar surface area (TPSA) is 64.8 Å². The van der Waals surface area contributed by atoms with Crippen molar-refractivity contribution in [2.75, 3.05) is 27.8 Å². The van der Waals surface area contributed by atoms with Crippen molar-refractivity contribution in [3.63, 3.8) is 0 Å².